The fourth-order valence-corrected chi connectivity index (χ4v) is 3.14. The van der Waals surface area contributed by atoms with Gasteiger partial charge in [0, 0.05) is 5.75 Å². The van der Waals surface area contributed by atoms with Gasteiger partial charge >= 0.3 is 0 Å². The number of benzene rings is 1. The largest absolute Gasteiger partial charge is 0.489 e. The first kappa shape index (κ1) is 12.8. The van der Waals surface area contributed by atoms with Crippen LogP contribution >= 0.6 is 11.8 Å². The third-order valence-electron chi connectivity index (χ3n) is 3.22. The van der Waals surface area contributed by atoms with Crippen LogP contribution in [-0.2, 0) is 0 Å². The van der Waals surface area contributed by atoms with E-state index >= 15 is 0 Å². The Kier molecular flexibility index (Phi) is 4.75. The molecular formula is C14H21NOS. The lowest BCUT2D eigenvalue weighted by molar-refractivity contribution is 0.208. The second kappa shape index (κ2) is 6.31. The van der Waals surface area contributed by atoms with Gasteiger partial charge in [-0.15, -0.1) is 0 Å². The highest BCUT2D eigenvalue weighted by molar-refractivity contribution is 7.99. The van der Waals surface area contributed by atoms with Crippen molar-refractivity contribution >= 4 is 11.8 Å². The molecule has 1 aliphatic heterocycles. The Hall–Kier alpha value is -0.670. The SMILES string of the molecule is CC(CN)c1ccccc1OC1CCCSC1. The van der Waals surface area contributed by atoms with E-state index in [1.54, 1.807) is 0 Å². The first-order chi connectivity index (χ1) is 8.31. The van der Waals surface area contributed by atoms with Crippen LogP contribution in [0.3, 0.4) is 0 Å². The van der Waals surface area contributed by atoms with E-state index in [2.05, 4.69) is 25.1 Å². The van der Waals surface area contributed by atoms with Crippen LogP contribution in [0.15, 0.2) is 24.3 Å². The molecule has 1 aliphatic rings. The van der Waals surface area contributed by atoms with E-state index in [9.17, 15) is 0 Å². The Labute approximate surface area is 108 Å². The summed E-state index contributed by atoms with van der Waals surface area (Å²) < 4.78 is 6.13. The maximum absolute atomic E-state index is 6.13. The lowest BCUT2D eigenvalue weighted by Crippen LogP contribution is -2.24. The molecule has 1 saturated heterocycles. The standard InChI is InChI=1S/C14H21NOS/c1-11(9-15)13-6-2-3-7-14(13)16-12-5-4-8-17-10-12/h2-3,6-7,11-12H,4-5,8-10,15H2,1H3. The molecule has 0 amide bonds. The maximum Gasteiger partial charge on any atom is 0.123 e. The van der Waals surface area contributed by atoms with Gasteiger partial charge < -0.3 is 10.5 Å². The van der Waals surface area contributed by atoms with E-state index in [-0.39, 0.29) is 0 Å². The number of para-hydroxylation sites is 1. The molecule has 94 valence electrons. The molecule has 2 unspecified atom stereocenters. The molecule has 0 bridgehead atoms. The first-order valence-corrected chi connectivity index (χ1v) is 7.50. The van der Waals surface area contributed by atoms with Crippen molar-refractivity contribution in [1.82, 2.24) is 0 Å². The van der Waals surface area contributed by atoms with E-state index in [1.807, 2.05) is 17.8 Å². The van der Waals surface area contributed by atoms with Gasteiger partial charge in [-0.2, -0.15) is 11.8 Å². The molecule has 0 spiro atoms. The maximum atomic E-state index is 6.13. The Morgan fingerprint density at radius 3 is 3.00 bits per heavy atom. The van der Waals surface area contributed by atoms with Crippen molar-refractivity contribution in [2.75, 3.05) is 18.1 Å². The normalized spacial score (nSPS) is 22.1. The molecule has 0 aromatic heterocycles. The highest BCUT2D eigenvalue weighted by Crippen LogP contribution is 2.29. The summed E-state index contributed by atoms with van der Waals surface area (Å²) in [5, 5.41) is 0. The Morgan fingerprint density at radius 1 is 1.47 bits per heavy atom. The topological polar surface area (TPSA) is 35.2 Å². The van der Waals surface area contributed by atoms with Crippen LogP contribution in [0.2, 0.25) is 0 Å². The van der Waals surface area contributed by atoms with Gasteiger partial charge in [0.05, 0.1) is 0 Å². The van der Waals surface area contributed by atoms with E-state index in [0.717, 1.165) is 11.5 Å². The second-order valence-corrected chi connectivity index (χ2v) is 5.78. The second-order valence-electron chi connectivity index (χ2n) is 4.63. The van der Waals surface area contributed by atoms with E-state index in [1.165, 1.54) is 24.2 Å². The summed E-state index contributed by atoms with van der Waals surface area (Å²) in [4.78, 5) is 0. The van der Waals surface area contributed by atoms with Gasteiger partial charge in [0.25, 0.3) is 0 Å². The van der Waals surface area contributed by atoms with Gasteiger partial charge in [-0.25, -0.2) is 0 Å². The van der Waals surface area contributed by atoms with Crippen molar-refractivity contribution in [1.29, 1.82) is 0 Å². The average molecular weight is 251 g/mol. The molecular weight excluding hydrogens is 230 g/mol. The van der Waals surface area contributed by atoms with Gasteiger partial charge in [-0.05, 0) is 42.7 Å². The minimum absolute atomic E-state index is 0.363. The fraction of sp³-hybridized carbons (Fsp3) is 0.571. The Bertz CT molecular complexity index is 350. The van der Waals surface area contributed by atoms with Crippen LogP contribution in [0.25, 0.3) is 0 Å². The molecule has 0 aliphatic carbocycles. The lowest BCUT2D eigenvalue weighted by Gasteiger charge is -2.25. The smallest absolute Gasteiger partial charge is 0.123 e. The minimum Gasteiger partial charge on any atom is -0.489 e. The number of nitrogens with two attached hydrogens (primary N) is 1. The fourth-order valence-electron chi connectivity index (χ4n) is 2.11. The van der Waals surface area contributed by atoms with Crippen LogP contribution in [0.4, 0.5) is 0 Å². The highest BCUT2D eigenvalue weighted by atomic mass is 32.2. The molecule has 0 saturated carbocycles. The Morgan fingerprint density at radius 2 is 2.29 bits per heavy atom. The molecule has 1 aromatic rings. The van der Waals surface area contributed by atoms with Gasteiger partial charge in [0.2, 0.25) is 0 Å². The summed E-state index contributed by atoms with van der Waals surface area (Å²) in [6.45, 7) is 2.82. The Balaban J connectivity index is 2.08. The van der Waals surface area contributed by atoms with E-state index in [0.29, 0.717) is 18.6 Å². The number of ether oxygens (including phenoxy) is 1. The summed E-state index contributed by atoms with van der Waals surface area (Å²) in [7, 11) is 0. The lowest BCUT2D eigenvalue weighted by atomic mass is 10.0. The quantitative estimate of drug-likeness (QED) is 0.893. The number of hydrogen-bond donors (Lipinski definition) is 1. The van der Waals surface area contributed by atoms with Crippen LogP contribution in [0.5, 0.6) is 5.75 Å². The first-order valence-electron chi connectivity index (χ1n) is 6.34. The molecule has 17 heavy (non-hydrogen) atoms. The van der Waals surface area contributed by atoms with Crippen molar-refractivity contribution in [2.45, 2.75) is 31.8 Å². The third-order valence-corrected chi connectivity index (χ3v) is 4.40. The zero-order valence-corrected chi connectivity index (χ0v) is 11.2. The summed E-state index contributed by atoms with van der Waals surface area (Å²) >= 11 is 1.99. The average Bonchev–Trinajstić information content (AvgIpc) is 2.40. The highest BCUT2D eigenvalue weighted by Gasteiger charge is 2.17. The molecule has 2 rings (SSSR count). The van der Waals surface area contributed by atoms with Crippen LogP contribution in [0, 0.1) is 0 Å². The zero-order valence-electron chi connectivity index (χ0n) is 10.4. The van der Waals surface area contributed by atoms with Crippen LogP contribution in [-0.4, -0.2) is 24.2 Å². The van der Waals surface area contributed by atoms with Crippen molar-refractivity contribution in [3.63, 3.8) is 0 Å². The molecule has 2 N–H and O–H groups in total. The van der Waals surface area contributed by atoms with Crippen molar-refractivity contribution in [3.8, 4) is 5.75 Å². The molecule has 2 nitrogen and oxygen atoms in total. The molecule has 0 radical (unpaired) electrons. The number of hydrogen-bond acceptors (Lipinski definition) is 3. The zero-order chi connectivity index (χ0) is 12.1. The van der Waals surface area contributed by atoms with Crippen LogP contribution in [0.1, 0.15) is 31.2 Å². The van der Waals surface area contributed by atoms with Gasteiger partial charge in [0.15, 0.2) is 0 Å². The van der Waals surface area contributed by atoms with Crippen molar-refractivity contribution < 1.29 is 4.74 Å². The van der Waals surface area contributed by atoms with Crippen LogP contribution < -0.4 is 10.5 Å². The van der Waals surface area contributed by atoms with Gasteiger partial charge in [-0.3, -0.25) is 0 Å². The third kappa shape index (κ3) is 3.39. The monoisotopic (exact) mass is 251 g/mol. The summed E-state index contributed by atoms with van der Waals surface area (Å²) in [5.41, 5.74) is 6.99. The summed E-state index contributed by atoms with van der Waals surface area (Å²) in [5.74, 6) is 3.78. The molecule has 1 aromatic carbocycles. The molecule has 3 heteroatoms. The predicted molar refractivity (Wildman–Crippen MR) is 74.9 cm³/mol. The molecule has 2 atom stereocenters. The minimum atomic E-state index is 0.363. The van der Waals surface area contributed by atoms with Gasteiger partial charge in [-0.1, -0.05) is 25.1 Å². The molecule has 1 heterocycles. The van der Waals surface area contributed by atoms with Crippen molar-refractivity contribution in [2.24, 2.45) is 5.73 Å². The number of thioether (sulfide) groups is 1. The summed E-state index contributed by atoms with van der Waals surface area (Å²) in [6, 6.07) is 8.30. The molecule has 1 fully saturated rings. The predicted octanol–water partition coefficient (Wildman–Crippen LogP) is 3.02. The van der Waals surface area contributed by atoms with E-state index in [4.69, 9.17) is 10.5 Å². The van der Waals surface area contributed by atoms with E-state index < -0.39 is 0 Å². The van der Waals surface area contributed by atoms with Crippen molar-refractivity contribution in [3.05, 3.63) is 29.8 Å². The number of rotatable bonds is 4. The van der Waals surface area contributed by atoms with Gasteiger partial charge in [0.1, 0.15) is 11.9 Å². The summed E-state index contributed by atoms with van der Waals surface area (Å²) in [6.07, 6.45) is 2.82.